The van der Waals surface area contributed by atoms with E-state index in [1.807, 2.05) is 37.3 Å². The van der Waals surface area contributed by atoms with Crippen molar-refractivity contribution in [3.05, 3.63) is 59.2 Å². The second kappa shape index (κ2) is 9.87. The number of hydrogen-bond acceptors (Lipinski definition) is 7. The number of hydrogen-bond donors (Lipinski definition) is 3. The Kier molecular flexibility index (Phi) is 6.51. The van der Waals surface area contributed by atoms with Crippen molar-refractivity contribution in [3.8, 4) is 0 Å². The van der Waals surface area contributed by atoms with Gasteiger partial charge in [0.05, 0.1) is 30.8 Å². The van der Waals surface area contributed by atoms with Crippen molar-refractivity contribution < 1.29 is 9.53 Å². The lowest BCUT2D eigenvalue weighted by Gasteiger charge is -2.28. The number of aryl methyl sites for hydroxylation is 1. The second-order valence-corrected chi connectivity index (χ2v) is 9.01. The number of nitrogens with one attached hydrogen (secondary N) is 3. The Bertz CT molecular complexity index is 1180. The molecule has 1 aliphatic carbocycles. The van der Waals surface area contributed by atoms with Crippen molar-refractivity contribution >= 4 is 52.0 Å². The number of anilines is 6. The average Bonchev–Trinajstić information content (AvgIpc) is 3.70. The summed E-state index contributed by atoms with van der Waals surface area (Å²) in [6.07, 6.45) is 3.44. The van der Waals surface area contributed by atoms with Crippen molar-refractivity contribution in [2.75, 3.05) is 47.2 Å². The molecule has 0 spiro atoms. The maximum absolute atomic E-state index is 12.3. The van der Waals surface area contributed by atoms with Gasteiger partial charge in [-0.3, -0.25) is 4.79 Å². The molecule has 1 saturated heterocycles. The van der Waals surface area contributed by atoms with E-state index in [0.717, 1.165) is 61.8 Å². The zero-order valence-electron chi connectivity index (χ0n) is 19.0. The maximum Gasteiger partial charge on any atom is 0.229 e. The number of morpholine rings is 1. The molecule has 0 unspecified atom stereocenters. The molecule has 2 heterocycles. The molecule has 2 aromatic carbocycles. The third kappa shape index (κ3) is 5.40. The first-order chi connectivity index (χ1) is 16.5. The highest BCUT2D eigenvalue weighted by molar-refractivity contribution is 6.33. The fourth-order valence-electron chi connectivity index (χ4n) is 3.80. The predicted octanol–water partition coefficient (Wildman–Crippen LogP) is 5.11. The number of halogens is 1. The van der Waals surface area contributed by atoms with Crippen LogP contribution in [0.3, 0.4) is 0 Å². The van der Waals surface area contributed by atoms with Gasteiger partial charge in [-0.1, -0.05) is 17.7 Å². The smallest absolute Gasteiger partial charge is 0.229 e. The quantitative estimate of drug-likeness (QED) is 0.434. The average molecular weight is 479 g/mol. The van der Waals surface area contributed by atoms with Gasteiger partial charge in [0.25, 0.3) is 0 Å². The van der Waals surface area contributed by atoms with E-state index in [1.165, 1.54) is 0 Å². The molecule has 2 fully saturated rings. The fourth-order valence-corrected chi connectivity index (χ4v) is 3.94. The van der Waals surface area contributed by atoms with Gasteiger partial charge in [0, 0.05) is 30.4 Å². The van der Waals surface area contributed by atoms with E-state index in [1.54, 1.807) is 6.20 Å². The molecule has 0 radical (unpaired) electrons. The summed E-state index contributed by atoms with van der Waals surface area (Å²) in [6.45, 7) is 5.28. The van der Waals surface area contributed by atoms with Gasteiger partial charge in [-0.15, -0.1) is 0 Å². The molecule has 8 nitrogen and oxygen atoms in total. The van der Waals surface area contributed by atoms with Gasteiger partial charge in [0.2, 0.25) is 11.9 Å². The van der Waals surface area contributed by atoms with Crippen molar-refractivity contribution in [1.29, 1.82) is 0 Å². The molecule has 9 heteroatoms. The first kappa shape index (κ1) is 22.4. The van der Waals surface area contributed by atoms with Crippen molar-refractivity contribution in [1.82, 2.24) is 9.97 Å². The van der Waals surface area contributed by atoms with Gasteiger partial charge in [-0.05, 0) is 61.7 Å². The molecule has 176 valence electrons. The van der Waals surface area contributed by atoms with Crippen LogP contribution in [0.2, 0.25) is 5.02 Å². The van der Waals surface area contributed by atoms with Gasteiger partial charge >= 0.3 is 0 Å². The van der Waals surface area contributed by atoms with Crippen molar-refractivity contribution in [2.45, 2.75) is 19.8 Å². The second-order valence-electron chi connectivity index (χ2n) is 8.60. The Morgan fingerprint density at radius 2 is 1.82 bits per heavy atom. The molecule has 1 aliphatic heterocycles. The van der Waals surface area contributed by atoms with Crippen LogP contribution in [0.1, 0.15) is 18.4 Å². The molecule has 5 rings (SSSR count). The normalized spacial score (nSPS) is 15.6. The van der Waals surface area contributed by atoms with Crippen LogP contribution in [0.15, 0.2) is 48.7 Å². The molecule has 3 aromatic rings. The monoisotopic (exact) mass is 478 g/mol. The van der Waals surface area contributed by atoms with Crippen molar-refractivity contribution in [2.24, 2.45) is 5.92 Å². The van der Waals surface area contributed by atoms with Gasteiger partial charge in [0.15, 0.2) is 5.82 Å². The molecule has 34 heavy (non-hydrogen) atoms. The number of ether oxygens (including phenoxy) is 1. The Morgan fingerprint density at radius 3 is 2.56 bits per heavy atom. The SMILES string of the molecule is Cc1ccc(Nc2nc(Nc3ccc(N4CCOCC4)cc3)ncc2Cl)c(NC(=O)C2CC2)c1. The summed E-state index contributed by atoms with van der Waals surface area (Å²) in [5.41, 5.74) is 4.51. The van der Waals surface area contributed by atoms with Crippen LogP contribution in [0.25, 0.3) is 0 Å². The zero-order valence-corrected chi connectivity index (χ0v) is 19.7. The third-order valence-corrected chi connectivity index (χ3v) is 6.15. The molecule has 0 bridgehead atoms. The highest BCUT2D eigenvalue weighted by Crippen LogP contribution is 2.34. The summed E-state index contributed by atoms with van der Waals surface area (Å²) in [4.78, 5) is 23.5. The topological polar surface area (TPSA) is 91.4 Å². The zero-order chi connectivity index (χ0) is 23.5. The molecule has 1 amide bonds. The Morgan fingerprint density at radius 1 is 1.06 bits per heavy atom. The minimum Gasteiger partial charge on any atom is -0.378 e. The number of nitrogens with zero attached hydrogens (tertiary/aromatic N) is 3. The molecule has 1 saturated carbocycles. The summed E-state index contributed by atoms with van der Waals surface area (Å²) >= 11 is 6.39. The van der Waals surface area contributed by atoms with Crippen LogP contribution < -0.4 is 20.9 Å². The van der Waals surface area contributed by atoms with E-state index in [9.17, 15) is 4.79 Å². The van der Waals surface area contributed by atoms with Gasteiger partial charge in [-0.2, -0.15) is 4.98 Å². The lowest BCUT2D eigenvalue weighted by atomic mass is 10.2. The van der Waals surface area contributed by atoms with Gasteiger partial charge in [0.1, 0.15) is 5.02 Å². The van der Waals surface area contributed by atoms with Crippen LogP contribution in [0.4, 0.5) is 34.5 Å². The first-order valence-corrected chi connectivity index (χ1v) is 11.8. The molecule has 1 aromatic heterocycles. The van der Waals surface area contributed by atoms with Crippen LogP contribution in [-0.2, 0) is 9.53 Å². The Hall–Kier alpha value is -3.36. The Labute approximate surface area is 203 Å². The van der Waals surface area contributed by atoms with Crippen LogP contribution >= 0.6 is 11.6 Å². The summed E-state index contributed by atoms with van der Waals surface area (Å²) < 4.78 is 5.42. The molecule has 0 atom stereocenters. The summed E-state index contributed by atoms with van der Waals surface area (Å²) in [7, 11) is 0. The molecular weight excluding hydrogens is 452 g/mol. The minimum atomic E-state index is 0.0466. The van der Waals surface area contributed by atoms with E-state index in [0.29, 0.717) is 22.5 Å². The van der Waals surface area contributed by atoms with Crippen molar-refractivity contribution in [3.63, 3.8) is 0 Å². The highest BCUT2D eigenvalue weighted by Gasteiger charge is 2.30. The Balaban J connectivity index is 1.31. The number of benzene rings is 2. The largest absolute Gasteiger partial charge is 0.378 e. The molecule has 3 N–H and O–H groups in total. The fraction of sp³-hybridized carbons (Fsp3) is 0.320. The lowest BCUT2D eigenvalue weighted by molar-refractivity contribution is -0.117. The van der Waals surface area contributed by atoms with E-state index < -0.39 is 0 Å². The van der Waals surface area contributed by atoms with E-state index >= 15 is 0 Å². The number of amides is 1. The van der Waals surface area contributed by atoms with Crippen LogP contribution in [-0.4, -0.2) is 42.2 Å². The van der Waals surface area contributed by atoms with E-state index in [4.69, 9.17) is 16.3 Å². The lowest BCUT2D eigenvalue weighted by Crippen LogP contribution is -2.36. The highest BCUT2D eigenvalue weighted by atomic mass is 35.5. The van der Waals surface area contributed by atoms with E-state index in [2.05, 4.69) is 43.0 Å². The summed E-state index contributed by atoms with van der Waals surface area (Å²) in [6, 6.07) is 14.0. The summed E-state index contributed by atoms with van der Waals surface area (Å²) in [5.74, 6) is 1.03. The van der Waals surface area contributed by atoms with Crippen LogP contribution in [0, 0.1) is 12.8 Å². The van der Waals surface area contributed by atoms with Gasteiger partial charge in [-0.25, -0.2) is 4.98 Å². The first-order valence-electron chi connectivity index (χ1n) is 11.5. The minimum absolute atomic E-state index is 0.0466. The number of rotatable bonds is 7. The molecule has 2 aliphatic rings. The number of aromatic nitrogens is 2. The summed E-state index contributed by atoms with van der Waals surface area (Å²) in [5, 5.41) is 9.89. The number of carbonyl (C=O) groups excluding carboxylic acids is 1. The predicted molar refractivity (Wildman–Crippen MR) is 136 cm³/mol. The van der Waals surface area contributed by atoms with Gasteiger partial charge < -0.3 is 25.6 Å². The van der Waals surface area contributed by atoms with E-state index in [-0.39, 0.29) is 11.8 Å². The number of carbonyl (C=O) groups is 1. The standard InChI is InChI=1S/C25H27ClN6O2/c1-16-2-9-21(22(14-16)30-24(33)17-3-4-17)29-23-20(26)15-27-25(31-23)28-18-5-7-19(8-6-18)32-10-12-34-13-11-32/h2,5-9,14-15,17H,3-4,10-13H2,1H3,(H,30,33)(H2,27,28,29,31). The van der Waals surface area contributed by atoms with Crippen LogP contribution in [0.5, 0.6) is 0 Å². The molecular formula is C25H27ClN6O2. The maximum atomic E-state index is 12.3. The third-order valence-electron chi connectivity index (χ3n) is 5.88.